The van der Waals surface area contributed by atoms with Crippen LogP contribution in [0.2, 0.25) is 0 Å². The van der Waals surface area contributed by atoms with E-state index >= 15 is 0 Å². The lowest BCUT2D eigenvalue weighted by Gasteiger charge is -2.23. The quantitative estimate of drug-likeness (QED) is 0.540. The molecule has 0 amide bonds. The van der Waals surface area contributed by atoms with Crippen molar-refractivity contribution in [2.45, 2.75) is 24.1 Å². The fourth-order valence-electron chi connectivity index (χ4n) is 1.91. The molecule has 0 saturated heterocycles. The molecule has 1 aliphatic rings. The maximum Gasteiger partial charge on any atom is 0.158 e. The van der Waals surface area contributed by atoms with E-state index in [1.165, 1.54) is 0 Å². The van der Waals surface area contributed by atoms with Crippen molar-refractivity contribution >= 4 is 23.2 Å². The van der Waals surface area contributed by atoms with Crippen molar-refractivity contribution in [3.63, 3.8) is 0 Å². The van der Waals surface area contributed by atoms with Gasteiger partial charge in [0.25, 0.3) is 0 Å². The van der Waals surface area contributed by atoms with E-state index in [-0.39, 0.29) is 17.5 Å². The average Bonchev–Trinajstić information content (AvgIpc) is 2.26. The van der Waals surface area contributed by atoms with Gasteiger partial charge in [0.15, 0.2) is 16.9 Å². The monoisotopic (exact) mass is 222 g/mol. The van der Waals surface area contributed by atoms with Crippen LogP contribution in [0.15, 0.2) is 30.3 Å². The molecule has 0 spiro atoms. The van der Waals surface area contributed by atoms with E-state index in [1.54, 1.807) is 0 Å². The van der Waals surface area contributed by atoms with Crippen molar-refractivity contribution in [2.75, 3.05) is 0 Å². The van der Waals surface area contributed by atoms with Crippen LogP contribution in [0.25, 0.3) is 0 Å². The Labute approximate surface area is 93.2 Å². The van der Waals surface area contributed by atoms with Gasteiger partial charge in [-0.1, -0.05) is 30.3 Å². The van der Waals surface area contributed by atoms with Gasteiger partial charge in [-0.2, -0.15) is 0 Å². The molecule has 1 saturated carbocycles. The number of carbonyl (C=O) groups is 2. The van der Waals surface area contributed by atoms with Gasteiger partial charge >= 0.3 is 0 Å². The molecule has 1 aromatic rings. The first kappa shape index (κ1) is 10.4. The molecule has 15 heavy (non-hydrogen) atoms. The van der Waals surface area contributed by atoms with Gasteiger partial charge in [0.05, 0.1) is 0 Å². The Morgan fingerprint density at radius 1 is 1.00 bits per heavy atom. The minimum absolute atomic E-state index is 0.0150. The molecule has 2 nitrogen and oxygen atoms in total. The zero-order chi connectivity index (χ0) is 10.8. The fraction of sp³-hybridized carbons (Fsp3) is 0.333. The predicted octanol–water partition coefficient (Wildman–Crippen LogP) is 2.31. The maximum absolute atomic E-state index is 11.4. The molecular formula is C12H11ClO2. The Kier molecular flexibility index (Phi) is 2.87. The highest BCUT2D eigenvalue weighted by atomic mass is 35.5. The summed E-state index contributed by atoms with van der Waals surface area (Å²) < 4.78 is 0. The Bertz CT molecular complexity index is 368. The number of ketones is 2. The highest BCUT2D eigenvalue weighted by molar-refractivity contribution is 6.42. The van der Waals surface area contributed by atoms with E-state index in [4.69, 9.17) is 11.6 Å². The van der Waals surface area contributed by atoms with E-state index in [9.17, 15) is 9.59 Å². The van der Waals surface area contributed by atoms with Gasteiger partial charge in [0.1, 0.15) is 0 Å². The number of carbonyl (C=O) groups excluding carboxylic acids is 2. The molecule has 0 radical (unpaired) electrons. The molecule has 1 aliphatic carbocycles. The van der Waals surface area contributed by atoms with Crippen molar-refractivity contribution in [3.8, 4) is 0 Å². The van der Waals surface area contributed by atoms with Gasteiger partial charge < -0.3 is 0 Å². The lowest BCUT2D eigenvalue weighted by molar-refractivity contribution is -0.129. The standard InChI is InChI=1S/C12H11ClO2/c13-12-10(14)6-9(7-11(12)15)8-4-2-1-3-5-8/h1-5,9,12H,6-7H2. The molecule has 0 N–H and O–H groups in total. The second-order valence-electron chi connectivity index (χ2n) is 3.81. The molecule has 1 aromatic carbocycles. The molecule has 2 rings (SSSR count). The van der Waals surface area contributed by atoms with E-state index in [1.807, 2.05) is 30.3 Å². The van der Waals surface area contributed by atoms with Crippen LogP contribution in [-0.2, 0) is 9.59 Å². The van der Waals surface area contributed by atoms with Gasteiger partial charge in [-0.25, -0.2) is 0 Å². The molecule has 0 aromatic heterocycles. The number of hydrogen-bond acceptors (Lipinski definition) is 2. The minimum Gasteiger partial charge on any atom is -0.298 e. The van der Waals surface area contributed by atoms with Crippen LogP contribution in [0.5, 0.6) is 0 Å². The van der Waals surface area contributed by atoms with Gasteiger partial charge in [-0.05, 0) is 11.5 Å². The molecule has 1 fully saturated rings. The van der Waals surface area contributed by atoms with E-state index in [0.29, 0.717) is 12.8 Å². The van der Waals surface area contributed by atoms with Crippen LogP contribution in [0.3, 0.4) is 0 Å². The molecule has 3 heteroatoms. The highest BCUT2D eigenvalue weighted by Crippen LogP contribution is 2.30. The first-order valence-electron chi connectivity index (χ1n) is 4.93. The van der Waals surface area contributed by atoms with Crippen LogP contribution in [0, 0.1) is 0 Å². The highest BCUT2D eigenvalue weighted by Gasteiger charge is 2.34. The van der Waals surface area contributed by atoms with Gasteiger partial charge in [-0.15, -0.1) is 11.6 Å². The summed E-state index contributed by atoms with van der Waals surface area (Å²) >= 11 is 5.67. The van der Waals surface area contributed by atoms with Gasteiger partial charge in [0.2, 0.25) is 0 Å². The van der Waals surface area contributed by atoms with Crippen LogP contribution in [0.4, 0.5) is 0 Å². The van der Waals surface area contributed by atoms with Gasteiger partial charge in [0, 0.05) is 12.8 Å². The number of halogens is 1. The lowest BCUT2D eigenvalue weighted by atomic mass is 9.82. The number of Topliss-reactive ketones (excluding diaryl/α,β-unsaturated/α-hetero) is 2. The minimum atomic E-state index is -0.912. The Morgan fingerprint density at radius 2 is 1.53 bits per heavy atom. The summed E-state index contributed by atoms with van der Waals surface area (Å²) in [5, 5.41) is -0.912. The summed E-state index contributed by atoms with van der Waals surface area (Å²) in [5.74, 6) is -0.287. The topological polar surface area (TPSA) is 34.1 Å². The van der Waals surface area contributed by atoms with Crippen molar-refractivity contribution in [1.29, 1.82) is 0 Å². The largest absolute Gasteiger partial charge is 0.298 e. The molecule has 0 atom stereocenters. The molecule has 78 valence electrons. The fourth-order valence-corrected chi connectivity index (χ4v) is 2.08. The first-order valence-corrected chi connectivity index (χ1v) is 5.36. The predicted molar refractivity (Wildman–Crippen MR) is 58.1 cm³/mol. The van der Waals surface area contributed by atoms with Crippen LogP contribution in [-0.4, -0.2) is 16.9 Å². The normalized spacial score (nSPS) is 26.7. The lowest BCUT2D eigenvalue weighted by Crippen LogP contribution is -2.33. The molecule has 0 bridgehead atoms. The summed E-state index contributed by atoms with van der Waals surface area (Å²) in [6, 6.07) is 9.63. The van der Waals surface area contributed by atoms with E-state index < -0.39 is 5.38 Å². The third-order valence-corrected chi connectivity index (χ3v) is 3.22. The molecule has 0 unspecified atom stereocenters. The van der Waals surface area contributed by atoms with E-state index in [2.05, 4.69) is 0 Å². The summed E-state index contributed by atoms with van der Waals surface area (Å²) in [7, 11) is 0. The van der Waals surface area contributed by atoms with Crippen molar-refractivity contribution in [1.82, 2.24) is 0 Å². The maximum atomic E-state index is 11.4. The second-order valence-corrected chi connectivity index (χ2v) is 4.25. The summed E-state index contributed by atoms with van der Waals surface area (Å²) in [6.07, 6.45) is 0.758. The van der Waals surface area contributed by atoms with Crippen molar-refractivity contribution in [2.24, 2.45) is 0 Å². The Balaban J connectivity index is 2.20. The van der Waals surface area contributed by atoms with Crippen molar-refractivity contribution in [3.05, 3.63) is 35.9 Å². The molecular weight excluding hydrogens is 212 g/mol. The van der Waals surface area contributed by atoms with E-state index in [0.717, 1.165) is 5.56 Å². The SMILES string of the molecule is O=C1CC(c2ccccc2)CC(=O)C1Cl. The molecule has 0 aliphatic heterocycles. The average molecular weight is 223 g/mol. The van der Waals surface area contributed by atoms with Crippen LogP contribution in [0.1, 0.15) is 24.3 Å². The molecule has 0 heterocycles. The number of hydrogen-bond donors (Lipinski definition) is 0. The van der Waals surface area contributed by atoms with Crippen LogP contribution >= 0.6 is 11.6 Å². The smallest absolute Gasteiger partial charge is 0.158 e. The number of rotatable bonds is 1. The summed E-state index contributed by atoms with van der Waals surface area (Å²) in [5.41, 5.74) is 1.04. The number of alkyl halides is 1. The Morgan fingerprint density at radius 3 is 2.07 bits per heavy atom. The van der Waals surface area contributed by atoms with Crippen molar-refractivity contribution < 1.29 is 9.59 Å². The van der Waals surface area contributed by atoms with Crippen LogP contribution < -0.4 is 0 Å². The summed E-state index contributed by atoms with van der Waals surface area (Å²) in [4.78, 5) is 22.9. The number of benzene rings is 1. The Hall–Kier alpha value is -1.15. The zero-order valence-electron chi connectivity index (χ0n) is 8.15. The zero-order valence-corrected chi connectivity index (χ0v) is 8.91. The van der Waals surface area contributed by atoms with Gasteiger partial charge in [-0.3, -0.25) is 9.59 Å². The first-order chi connectivity index (χ1) is 7.18. The third kappa shape index (κ3) is 2.10. The summed E-state index contributed by atoms with van der Waals surface area (Å²) in [6.45, 7) is 0. The third-order valence-electron chi connectivity index (χ3n) is 2.73. The second kappa shape index (κ2) is 4.15.